The fourth-order valence-corrected chi connectivity index (χ4v) is 3.43. The number of fused-ring (bicyclic) bond motifs is 1. The average molecular weight is 406 g/mol. The van der Waals surface area contributed by atoms with Crippen LogP contribution in [0, 0.1) is 5.82 Å². The summed E-state index contributed by atoms with van der Waals surface area (Å²) in [6.07, 6.45) is -0.716. The van der Waals surface area contributed by atoms with E-state index in [1.54, 1.807) is 0 Å². The molecule has 1 fully saturated rings. The number of amides is 1. The van der Waals surface area contributed by atoms with Crippen LogP contribution in [0.5, 0.6) is 0 Å². The molecule has 1 amide bonds. The van der Waals surface area contributed by atoms with Gasteiger partial charge in [0.1, 0.15) is 16.9 Å². The Balaban J connectivity index is 1.81. The van der Waals surface area contributed by atoms with E-state index in [0.29, 0.717) is 23.7 Å². The Bertz CT molecular complexity index is 1090. The second kappa shape index (κ2) is 7.03. The first-order chi connectivity index (χ1) is 13.8. The monoisotopic (exact) mass is 406 g/mol. The van der Waals surface area contributed by atoms with Gasteiger partial charge in [-0.2, -0.15) is 13.2 Å². The third-order valence-electron chi connectivity index (χ3n) is 4.91. The zero-order chi connectivity index (χ0) is 20.8. The van der Waals surface area contributed by atoms with E-state index in [2.05, 4.69) is 15.0 Å². The highest BCUT2D eigenvalue weighted by atomic mass is 19.4. The van der Waals surface area contributed by atoms with Crippen molar-refractivity contribution in [3.05, 3.63) is 53.9 Å². The van der Waals surface area contributed by atoms with Crippen molar-refractivity contribution in [1.82, 2.24) is 19.9 Å². The number of pyridine rings is 1. The number of likely N-dealkylation sites (tertiary alicyclic amines) is 1. The summed E-state index contributed by atoms with van der Waals surface area (Å²) in [5.41, 5.74) is -0.0408. The van der Waals surface area contributed by atoms with Gasteiger partial charge >= 0.3 is 6.18 Å². The van der Waals surface area contributed by atoms with Gasteiger partial charge in [0.2, 0.25) is 6.41 Å². The van der Waals surface area contributed by atoms with E-state index in [4.69, 9.17) is 0 Å². The Kier molecular flexibility index (Phi) is 4.65. The number of hydrogen-bond acceptors (Lipinski definition) is 5. The van der Waals surface area contributed by atoms with Crippen LogP contribution in [0.4, 0.5) is 17.6 Å². The van der Waals surface area contributed by atoms with Gasteiger partial charge in [0.05, 0.1) is 23.6 Å². The lowest BCUT2D eigenvalue weighted by Gasteiger charge is -2.14. The maximum absolute atomic E-state index is 14.5. The molecule has 2 aromatic heterocycles. The summed E-state index contributed by atoms with van der Waals surface area (Å²) in [6.45, 7) is 0.407. The third kappa shape index (κ3) is 3.51. The lowest BCUT2D eigenvalue weighted by molar-refractivity contribution is -0.137. The number of nitrogens with zero attached hydrogens (tertiary/aromatic N) is 4. The van der Waals surface area contributed by atoms with Crippen LogP contribution < -0.4 is 0 Å². The Hall–Kier alpha value is -3.14. The van der Waals surface area contributed by atoms with Crippen LogP contribution in [0.2, 0.25) is 0 Å². The van der Waals surface area contributed by atoms with E-state index in [1.165, 1.54) is 23.5 Å². The minimum Gasteiger partial charge on any atom is -0.391 e. The molecule has 0 radical (unpaired) electrons. The number of benzene rings is 1. The van der Waals surface area contributed by atoms with Crippen molar-refractivity contribution in [2.45, 2.75) is 18.2 Å². The van der Waals surface area contributed by atoms with Crippen molar-refractivity contribution < 1.29 is 27.5 Å². The lowest BCUT2D eigenvalue weighted by atomic mass is 10.0. The molecule has 0 saturated carbocycles. The highest BCUT2D eigenvalue weighted by molar-refractivity contribution is 5.90. The number of aromatic nitrogens is 3. The van der Waals surface area contributed by atoms with Gasteiger partial charge in [-0.1, -0.05) is 6.07 Å². The largest absolute Gasteiger partial charge is 0.416 e. The number of carbonyl (C=O) groups excluding carboxylic acids is 1. The molecule has 1 aliphatic rings. The van der Waals surface area contributed by atoms with Gasteiger partial charge in [-0.25, -0.2) is 9.37 Å². The number of carbonyl (C=O) groups is 1. The zero-order valence-corrected chi connectivity index (χ0v) is 14.8. The van der Waals surface area contributed by atoms with Crippen LogP contribution in [-0.2, 0) is 11.0 Å². The molecule has 2 unspecified atom stereocenters. The fraction of sp³-hybridized carbons (Fsp3) is 0.263. The summed E-state index contributed by atoms with van der Waals surface area (Å²) >= 11 is 0. The molecule has 1 aliphatic heterocycles. The van der Waals surface area contributed by atoms with Crippen LogP contribution in [0.3, 0.4) is 0 Å². The maximum Gasteiger partial charge on any atom is 0.416 e. The van der Waals surface area contributed by atoms with Crippen molar-refractivity contribution in [2.24, 2.45) is 0 Å². The Morgan fingerprint density at radius 3 is 2.59 bits per heavy atom. The van der Waals surface area contributed by atoms with E-state index in [9.17, 15) is 27.5 Å². The Morgan fingerprint density at radius 2 is 1.93 bits per heavy atom. The number of aliphatic hydroxyl groups excluding tert-OH is 1. The summed E-state index contributed by atoms with van der Waals surface area (Å²) in [5.74, 6) is -1.54. The van der Waals surface area contributed by atoms with Crippen LogP contribution in [0.25, 0.3) is 22.2 Å². The number of β-amino-alcohol motifs (C(OH)–C–C–N with tert-alkyl or cyclic N) is 1. The van der Waals surface area contributed by atoms with Crippen molar-refractivity contribution in [2.75, 3.05) is 13.1 Å². The predicted octanol–water partition coefficient (Wildman–Crippen LogP) is 2.77. The van der Waals surface area contributed by atoms with Crippen LogP contribution >= 0.6 is 0 Å². The van der Waals surface area contributed by atoms with Crippen molar-refractivity contribution in [3.8, 4) is 11.1 Å². The second-order valence-corrected chi connectivity index (χ2v) is 6.78. The molecule has 29 heavy (non-hydrogen) atoms. The van der Waals surface area contributed by atoms with E-state index in [1.807, 2.05) is 0 Å². The third-order valence-corrected chi connectivity index (χ3v) is 4.91. The summed E-state index contributed by atoms with van der Waals surface area (Å²) in [7, 11) is 0. The normalized spacial score (nSPS) is 19.7. The van der Waals surface area contributed by atoms with Crippen molar-refractivity contribution in [1.29, 1.82) is 0 Å². The molecule has 1 saturated heterocycles. The number of hydrogen-bond donors (Lipinski definition) is 1. The first-order valence-electron chi connectivity index (χ1n) is 8.63. The van der Waals surface area contributed by atoms with Gasteiger partial charge in [0, 0.05) is 42.5 Å². The van der Waals surface area contributed by atoms with Crippen LogP contribution in [0.15, 0.2) is 36.8 Å². The van der Waals surface area contributed by atoms with E-state index in [-0.39, 0.29) is 29.7 Å². The quantitative estimate of drug-likeness (QED) is 0.535. The SMILES string of the molecule is O=CN1CC(O)C(c2cnc3cncc(-c4ccc(C(F)(F)F)cc4F)c3n2)C1. The van der Waals surface area contributed by atoms with E-state index in [0.717, 1.165) is 12.1 Å². The summed E-state index contributed by atoms with van der Waals surface area (Å²) in [5, 5.41) is 10.2. The van der Waals surface area contributed by atoms with Gasteiger partial charge in [-0.15, -0.1) is 0 Å². The smallest absolute Gasteiger partial charge is 0.391 e. The first kappa shape index (κ1) is 19.2. The molecular formula is C19H14F4N4O2. The lowest BCUT2D eigenvalue weighted by Crippen LogP contribution is -2.19. The molecular weight excluding hydrogens is 392 g/mol. The molecule has 6 nitrogen and oxygen atoms in total. The molecule has 0 aliphatic carbocycles. The number of rotatable bonds is 3. The number of aliphatic hydroxyl groups is 1. The van der Waals surface area contributed by atoms with Crippen LogP contribution in [0.1, 0.15) is 17.2 Å². The molecule has 150 valence electrons. The highest BCUT2D eigenvalue weighted by Gasteiger charge is 2.34. The fourth-order valence-electron chi connectivity index (χ4n) is 3.43. The van der Waals surface area contributed by atoms with E-state index < -0.39 is 29.6 Å². The zero-order valence-electron chi connectivity index (χ0n) is 14.8. The number of alkyl halides is 3. The summed E-state index contributed by atoms with van der Waals surface area (Å²) < 4.78 is 53.0. The average Bonchev–Trinajstić information content (AvgIpc) is 3.07. The van der Waals surface area contributed by atoms with Crippen LogP contribution in [-0.4, -0.2) is 50.6 Å². The van der Waals surface area contributed by atoms with E-state index >= 15 is 0 Å². The minimum atomic E-state index is -4.66. The molecule has 3 aromatic rings. The first-order valence-corrected chi connectivity index (χ1v) is 8.63. The second-order valence-electron chi connectivity index (χ2n) is 6.78. The molecule has 2 atom stereocenters. The van der Waals surface area contributed by atoms with Gasteiger partial charge in [-0.3, -0.25) is 14.8 Å². The molecule has 1 N–H and O–H groups in total. The maximum atomic E-state index is 14.5. The molecule has 1 aromatic carbocycles. The van der Waals surface area contributed by atoms with Gasteiger partial charge < -0.3 is 10.0 Å². The topological polar surface area (TPSA) is 79.2 Å². The van der Waals surface area contributed by atoms with Crippen molar-refractivity contribution in [3.63, 3.8) is 0 Å². The predicted molar refractivity (Wildman–Crippen MR) is 94.1 cm³/mol. The molecule has 10 heteroatoms. The molecule has 0 spiro atoms. The standard InChI is InChI=1S/C19H14F4N4O2/c20-14-3-10(19(21,22)23)1-2-11(14)12-4-24-5-16-18(12)26-15(6-25-16)13-7-27(9-28)8-17(13)29/h1-6,9,13,17,29H,7-8H2. The molecule has 3 heterocycles. The van der Waals surface area contributed by atoms with Gasteiger partial charge in [0.15, 0.2) is 0 Å². The Morgan fingerprint density at radius 1 is 1.14 bits per heavy atom. The highest BCUT2D eigenvalue weighted by Crippen LogP contribution is 2.35. The Labute approximate surface area is 161 Å². The molecule has 0 bridgehead atoms. The summed E-state index contributed by atoms with van der Waals surface area (Å²) in [4.78, 5) is 25.1. The van der Waals surface area contributed by atoms with Gasteiger partial charge in [-0.05, 0) is 12.1 Å². The number of halogens is 4. The molecule has 4 rings (SSSR count). The summed E-state index contributed by atoms with van der Waals surface area (Å²) in [6, 6.07) is 2.24. The minimum absolute atomic E-state index is 0.0935. The van der Waals surface area contributed by atoms with Gasteiger partial charge in [0.25, 0.3) is 0 Å². The van der Waals surface area contributed by atoms with Crippen molar-refractivity contribution >= 4 is 17.4 Å².